The fourth-order valence-corrected chi connectivity index (χ4v) is 5.33. The maximum absolute atomic E-state index is 12.9. The Morgan fingerprint density at radius 1 is 1.09 bits per heavy atom. The number of Topliss-reactive ketones (excluding diaryl/α,β-unsaturated/α-hetero) is 1. The Bertz CT molecular complexity index is 1150. The van der Waals surface area contributed by atoms with Crippen molar-refractivity contribution in [2.45, 2.75) is 49.6 Å². The number of aromatic nitrogens is 3. The first kappa shape index (κ1) is 20.9. The fraction of sp³-hybridized carbons (Fsp3) is 0.360. The maximum Gasteiger partial charge on any atom is 0.231 e. The van der Waals surface area contributed by atoms with Gasteiger partial charge in [0.05, 0.1) is 17.9 Å². The number of carbonyl (C=O) groups excluding carboxylic acids is 2. The Kier molecular flexibility index (Phi) is 5.83. The molecule has 2 aromatic carbocycles. The molecule has 2 heterocycles. The number of fused-ring (bicyclic) bond motifs is 1. The first-order valence-electron chi connectivity index (χ1n) is 11.2. The van der Waals surface area contributed by atoms with Crippen molar-refractivity contribution in [1.82, 2.24) is 14.8 Å². The zero-order valence-electron chi connectivity index (χ0n) is 18.2. The van der Waals surface area contributed by atoms with Crippen molar-refractivity contribution in [1.29, 1.82) is 0 Å². The number of benzene rings is 2. The number of nitrogens with zero attached hydrogens (tertiary/aromatic N) is 4. The van der Waals surface area contributed by atoms with Crippen molar-refractivity contribution in [2.75, 3.05) is 17.7 Å². The predicted molar refractivity (Wildman–Crippen MR) is 126 cm³/mol. The minimum atomic E-state index is 0.0232. The monoisotopic (exact) mass is 446 g/mol. The SMILES string of the molecule is CN1C(=O)Cc2cc(C(=O)CSc3nc(C4CCCCC4)n(-c4ccccc4)n3)ccc21. The van der Waals surface area contributed by atoms with Gasteiger partial charge in [-0.15, -0.1) is 5.10 Å². The normalized spacial score (nSPS) is 16.4. The van der Waals surface area contributed by atoms with Crippen molar-refractivity contribution in [3.63, 3.8) is 0 Å². The molecule has 5 rings (SSSR count). The van der Waals surface area contributed by atoms with E-state index in [0.29, 0.717) is 23.1 Å². The molecule has 0 spiro atoms. The molecule has 164 valence electrons. The third kappa shape index (κ3) is 4.09. The van der Waals surface area contributed by atoms with E-state index in [-0.39, 0.29) is 17.4 Å². The molecule has 0 radical (unpaired) electrons. The molecule has 1 fully saturated rings. The zero-order valence-corrected chi connectivity index (χ0v) is 19.0. The van der Waals surface area contributed by atoms with Crippen LogP contribution in [0.4, 0.5) is 5.69 Å². The quantitative estimate of drug-likeness (QED) is 0.402. The molecule has 1 amide bonds. The number of hydrogen-bond donors (Lipinski definition) is 0. The van der Waals surface area contributed by atoms with Crippen molar-refractivity contribution >= 4 is 29.1 Å². The summed E-state index contributed by atoms with van der Waals surface area (Å²) in [5.74, 6) is 1.77. The highest BCUT2D eigenvalue weighted by molar-refractivity contribution is 7.99. The third-order valence-electron chi connectivity index (χ3n) is 6.39. The third-order valence-corrected chi connectivity index (χ3v) is 7.23. The molecule has 1 saturated carbocycles. The highest BCUT2D eigenvalue weighted by Crippen LogP contribution is 2.34. The van der Waals surface area contributed by atoms with Crippen molar-refractivity contribution < 1.29 is 9.59 Å². The smallest absolute Gasteiger partial charge is 0.231 e. The van der Waals surface area contributed by atoms with Crippen LogP contribution < -0.4 is 4.90 Å². The average molecular weight is 447 g/mol. The van der Waals surface area contributed by atoms with Crippen LogP contribution in [0.25, 0.3) is 5.69 Å². The molecule has 1 aliphatic heterocycles. The number of likely N-dealkylation sites (N-methyl/N-ethyl adjacent to an activating group) is 1. The van der Waals surface area contributed by atoms with Crippen molar-refractivity contribution in [2.24, 2.45) is 0 Å². The molecule has 1 aromatic heterocycles. The molecule has 2 aliphatic rings. The van der Waals surface area contributed by atoms with Crippen LogP contribution in [0.15, 0.2) is 53.7 Å². The van der Waals surface area contributed by atoms with Gasteiger partial charge in [-0.1, -0.05) is 49.2 Å². The van der Waals surface area contributed by atoms with Crippen LogP contribution in [-0.2, 0) is 11.2 Å². The Balaban J connectivity index is 1.34. The van der Waals surface area contributed by atoms with Gasteiger partial charge in [0.25, 0.3) is 0 Å². The largest absolute Gasteiger partial charge is 0.315 e. The Hall–Kier alpha value is -2.93. The molecule has 1 aliphatic carbocycles. The summed E-state index contributed by atoms with van der Waals surface area (Å²) < 4.78 is 1.96. The Labute approximate surface area is 192 Å². The molecule has 3 aromatic rings. The number of para-hydroxylation sites is 1. The second-order valence-electron chi connectivity index (χ2n) is 8.52. The van der Waals surface area contributed by atoms with Gasteiger partial charge in [-0.05, 0) is 48.7 Å². The lowest BCUT2D eigenvalue weighted by molar-refractivity contribution is -0.117. The van der Waals surface area contributed by atoms with Gasteiger partial charge in [-0.2, -0.15) is 0 Å². The second kappa shape index (κ2) is 8.90. The van der Waals surface area contributed by atoms with E-state index in [9.17, 15) is 9.59 Å². The number of rotatable bonds is 6. The molecule has 0 unspecified atom stereocenters. The van der Waals surface area contributed by atoms with Crippen molar-refractivity contribution in [3.8, 4) is 5.69 Å². The highest BCUT2D eigenvalue weighted by atomic mass is 32.2. The molecule has 32 heavy (non-hydrogen) atoms. The summed E-state index contributed by atoms with van der Waals surface area (Å²) in [6.07, 6.45) is 6.36. The number of carbonyl (C=O) groups is 2. The van der Waals surface area contributed by atoms with E-state index >= 15 is 0 Å². The minimum Gasteiger partial charge on any atom is -0.315 e. The summed E-state index contributed by atoms with van der Waals surface area (Å²) in [7, 11) is 1.77. The van der Waals surface area contributed by atoms with Crippen LogP contribution >= 0.6 is 11.8 Å². The van der Waals surface area contributed by atoms with Crippen LogP contribution in [0.2, 0.25) is 0 Å². The molecule has 6 nitrogen and oxygen atoms in total. The maximum atomic E-state index is 12.9. The van der Waals surface area contributed by atoms with Gasteiger partial charge >= 0.3 is 0 Å². The van der Waals surface area contributed by atoms with E-state index in [1.54, 1.807) is 18.0 Å². The van der Waals surface area contributed by atoms with Gasteiger partial charge in [-0.25, -0.2) is 9.67 Å². The molecular weight excluding hydrogens is 420 g/mol. The first-order chi connectivity index (χ1) is 15.6. The Morgan fingerprint density at radius 3 is 2.66 bits per heavy atom. The summed E-state index contributed by atoms with van der Waals surface area (Å²) in [6, 6.07) is 15.6. The lowest BCUT2D eigenvalue weighted by atomic mass is 9.88. The van der Waals surface area contributed by atoms with Crippen LogP contribution in [0.3, 0.4) is 0 Å². The van der Waals surface area contributed by atoms with Gasteiger partial charge in [0, 0.05) is 24.2 Å². The van der Waals surface area contributed by atoms with E-state index in [0.717, 1.165) is 35.6 Å². The molecular formula is C25H26N4O2S. The standard InChI is InChI=1S/C25H26N4O2S/c1-28-21-13-12-18(14-19(21)15-23(28)31)22(30)16-32-25-26-24(17-8-4-2-5-9-17)29(27-25)20-10-6-3-7-11-20/h3,6-7,10-14,17H,2,4-5,8-9,15-16H2,1H3. The van der Waals surface area contributed by atoms with E-state index in [1.165, 1.54) is 31.0 Å². The van der Waals surface area contributed by atoms with E-state index in [1.807, 2.05) is 47.1 Å². The number of amides is 1. The van der Waals surface area contributed by atoms with Gasteiger partial charge in [-0.3, -0.25) is 9.59 Å². The number of anilines is 1. The molecule has 0 bridgehead atoms. The van der Waals surface area contributed by atoms with E-state index in [2.05, 4.69) is 0 Å². The minimum absolute atomic E-state index is 0.0232. The van der Waals surface area contributed by atoms with Crippen LogP contribution in [0.5, 0.6) is 0 Å². The van der Waals surface area contributed by atoms with E-state index in [4.69, 9.17) is 10.1 Å². The van der Waals surface area contributed by atoms with Gasteiger partial charge in [0.1, 0.15) is 5.82 Å². The summed E-state index contributed by atoms with van der Waals surface area (Å²) in [5.41, 5.74) is 3.44. The number of ketones is 1. The summed E-state index contributed by atoms with van der Waals surface area (Å²) in [6.45, 7) is 0. The van der Waals surface area contributed by atoms with Gasteiger partial charge < -0.3 is 4.90 Å². The topological polar surface area (TPSA) is 68.1 Å². The zero-order chi connectivity index (χ0) is 22.1. The fourth-order valence-electron chi connectivity index (χ4n) is 4.61. The van der Waals surface area contributed by atoms with Crippen LogP contribution in [-0.4, -0.2) is 39.3 Å². The summed E-state index contributed by atoms with van der Waals surface area (Å²) in [4.78, 5) is 31.3. The lowest BCUT2D eigenvalue weighted by Gasteiger charge is -2.21. The number of hydrogen-bond acceptors (Lipinski definition) is 5. The van der Waals surface area contributed by atoms with Gasteiger partial charge in [0.15, 0.2) is 5.78 Å². The molecule has 0 atom stereocenters. The predicted octanol–water partition coefficient (Wildman–Crippen LogP) is 4.81. The highest BCUT2D eigenvalue weighted by Gasteiger charge is 2.26. The number of thioether (sulfide) groups is 1. The average Bonchev–Trinajstić information content (AvgIpc) is 3.39. The summed E-state index contributed by atoms with van der Waals surface area (Å²) >= 11 is 1.38. The van der Waals surface area contributed by atoms with Crippen LogP contribution in [0, 0.1) is 0 Å². The second-order valence-corrected chi connectivity index (χ2v) is 9.46. The first-order valence-corrected chi connectivity index (χ1v) is 12.2. The molecule has 0 N–H and O–H groups in total. The summed E-state index contributed by atoms with van der Waals surface area (Å²) in [5, 5.41) is 5.40. The van der Waals surface area contributed by atoms with Crippen LogP contribution in [0.1, 0.15) is 59.8 Å². The van der Waals surface area contributed by atoms with Gasteiger partial charge in [0.2, 0.25) is 11.1 Å². The molecule has 7 heteroatoms. The van der Waals surface area contributed by atoms with Crippen molar-refractivity contribution in [3.05, 3.63) is 65.5 Å². The molecule has 0 saturated heterocycles. The lowest BCUT2D eigenvalue weighted by Crippen LogP contribution is -2.20. The Morgan fingerprint density at radius 2 is 1.88 bits per heavy atom. The van der Waals surface area contributed by atoms with E-state index < -0.39 is 0 Å².